The van der Waals surface area contributed by atoms with Gasteiger partial charge in [0.15, 0.2) is 5.92 Å². The van der Waals surface area contributed by atoms with E-state index < -0.39 is 17.9 Å². The van der Waals surface area contributed by atoms with E-state index >= 15 is 0 Å². The summed E-state index contributed by atoms with van der Waals surface area (Å²) in [5.74, 6) is -2.14. The number of ether oxygens (including phenoxy) is 2. The van der Waals surface area contributed by atoms with Gasteiger partial charge in [-0.2, -0.15) is 0 Å². The molecular formula is C14H15ClO4. The molecule has 1 aromatic rings. The van der Waals surface area contributed by atoms with Gasteiger partial charge in [0.05, 0.1) is 14.2 Å². The van der Waals surface area contributed by atoms with Crippen LogP contribution in [0.5, 0.6) is 0 Å². The third-order valence-electron chi connectivity index (χ3n) is 2.52. The Kier molecular flexibility index (Phi) is 6.09. The van der Waals surface area contributed by atoms with Crippen molar-refractivity contribution in [3.63, 3.8) is 0 Å². The lowest BCUT2D eigenvalue weighted by atomic mass is 10.0. The van der Waals surface area contributed by atoms with Crippen LogP contribution < -0.4 is 0 Å². The van der Waals surface area contributed by atoms with Crippen molar-refractivity contribution in [2.45, 2.75) is 6.42 Å². The fraction of sp³-hybridized carbons (Fsp3) is 0.286. The predicted octanol–water partition coefficient (Wildman–Crippen LogP) is 2.71. The lowest BCUT2D eigenvalue weighted by molar-refractivity contribution is -0.158. The molecule has 1 rings (SSSR count). The van der Waals surface area contributed by atoms with Crippen LogP contribution in [-0.2, 0) is 19.1 Å². The van der Waals surface area contributed by atoms with Crippen LogP contribution in [0.1, 0.15) is 12.0 Å². The molecule has 0 radical (unpaired) electrons. The van der Waals surface area contributed by atoms with Crippen molar-refractivity contribution in [2.75, 3.05) is 14.2 Å². The van der Waals surface area contributed by atoms with E-state index in [0.29, 0.717) is 5.02 Å². The Morgan fingerprint density at radius 3 is 2.16 bits per heavy atom. The third kappa shape index (κ3) is 4.75. The van der Waals surface area contributed by atoms with Gasteiger partial charge in [0.1, 0.15) is 0 Å². The van der Waals surface area contributed by atoms with E-state index in [1.54, 1.807) is 24.3 Å². The molecule has 0 aliphatic heterocycles. The molecule has 0 spiro atoms. The minimum absolute atomic E-state index is 0.224. The number of allylic oxidation sites excluding steroid dienone is 1. The Morgan fingerprint density at radius 2 is 1.68 bits per heavy atom. The molecule has 0 bridgehead atoms. The van der Waals surface area contributed by atoms with Crippen LogP contribution in [0, 0.1) is 5.92 Å². The second kappa shape index (κ2) is 7.59. The molecule has 0 N–H and O–H groups in total. The summed E-state index contributed by atoms with van der Waals surface area (Å²) in [5.41, 5.74) is 0.929. The standard InChI is InChI=1S/C14H15ClO4/c1-18-13(16)12(14(17)19-2)5-3-4-10-6-8-11(15)9-7-10/h3-4,6-9,12H,5H2,1-2H3. The van der Waals surface area contributed by atoms with Gasteiger partial charge >= 0.3 is 11.9 Å². The summed E-state index contributed by atoms with van der Waals surface area (Å²) in [5, 5.41) is 0.652. The highest BCUT2D eigenvalue weighted by molar-refractivity contribution is 6.30. The number of hydrogen-bond donors (Lipinski definition) is 0. The van der Waals surface area contributed by atoms with Gasteiger partial charge in [-0.15, -0.1) is 0 Å². The van der Waals surface area contributed by atoms with Crippen LogP contribution in [0.25, 0.3) is 6.08 Å². The van der Waals surface area contributed by atoms with Crippen molar-refractivity contribution in [3.8, 4) is 0 Å². The highest BCUT2D eigenvalue weighted by Gasteiger charge is 2.26. The number of methoxy groups -OCH3 is 2. The summed E-state index contributed by atoms with van der Waals surface area (Å²) in [6.07, 6.45) is 3.75. The quantitative estimate of drug-likeness (QED) is 0.615. The smallest absolute Gasteiger partial charge is 0.320 e. The molecule has 0 heterocycles. The van der Waals surface area contributed by atoms with Gasteiger partial charge in [-0.25, -0.2) is 0 Å². The first-order valence-corrected chi connectivity index (χ1v) is 6.04. The molecule has 0 atom stereocenters. The molecule has 0 saturated carbocycles. The summed E-state index contributed by atoms with van der Waals surface area (Å²) in [4.78, 5) is 22.8. The second-order valence-corrected chi connectivity index (χ2v) is 4.22. The number of carbonyl (C=O) groups is 2. The predicted molar refractivity (Wildman–Crippen MR) is 72.6 cm³/mol. The zero-order valence-electron chi connectivity index (χ0n) is 10.8. The molecule has 5 heteroatoms. The molecule has 0 aliphatic rings. The van der Waals surface area contributed by atoms with E-state index in [2.05, 4.69) is 9.47 Å². The summed E-state index contributed by atoms with van der Waals surface area (Å²) in [7, 11) is 2.47. The van der Waals surface area contributed by atoms with Crippen LogP contribution in [0.4, 0.5) is 0 Å². The van der Waals surface area contributed by atoms with Crippen molar-refractivity contribution < 1.29 is 19.1 Å². The van der Waals surface area contributed by atoms with Gasteiger partial charge in [0, 0.05) is 5.02 Å². The van der Waals surface area contributed by atoms with Gasteiger partial charge in [-0.3, -0.25) is 9.59 Å². The molecule has 102 valence electrons. The number of hydrogen-bond acceptors (Lipinski definition) is 4. The zero-order valence-corrected chi connectivity index (χ0v) is 11.5. The van der Waals surface area contributed by atoms with E-state index in [1.807, 2.05) is 12.1 Å². The molecule has 0 saturated heterocycles. The summed E-state index contributed by atoms with van der Waals surface area (Å²) in [6, 6.07) is 7.20. The number of benzene rings is 1. The molecule has 0 aromatic heterocycles. The maximum atomic E-state index is 11.4. The van der Waals surface area contributed by atoms with E-state index in [1.165, 1.54) is 14.2 Å². The van der Waals surface area contributed by atoms with Crippen molar-refractivity contribution in [3.05, 3.63) is 40.9 Å². The van der Waals surface area contributed by atoms with E-state index in [4.69, 9.17) is 11.6 Å². The Labute approximate surface area is 117 Å². The van der Waals surface area contributed by atoms with Crippen molar-refractivity contribution in [1.29, 1.82) is 0 Å². The lowest BCUT2D eigenvalue weighted by Gasteiger charge is -2.09. The van der Waals surface area contributed by atoms with Gasteiger partial charge < -0.3 is 9.47 Å². The third-order valence-corrected chi connectivity index (χ3v) is 2.78. The van der Waals surface area contributed by atoms with Gasteiger partial charge in [-0.05, 0) is 24.1 Å². The molecule has 19 heavy (non-hydrogen) atoms. The largest absolute Gasteiger partial charge is 0.468 e. The maximum Gasteiger partial charge on any atom is 0.320 e. The van der Waals surface area contributed by atoms with Crippen LogP contribution in [0.3, 0.4) is 0 Å². The van der Waals surface area contributed by atoms with Crippen molar-refractivity contribution in [2.24, 2.45) is 5.92 Å². The first kappa shape index (κ1) is 15.2. The van der Waals surface area contributed by atoms with E-state index in [9.17, 15) is 9.59 Å². The summed E-state index contributed by atoms with van der Waals surface area (Å²) >= 11 is 5.77. The Hall–Kier alpha value is -1.81. The minimum atomic E-state index is -0.932. The van der Waals surface area contributed by atoms with Crippen LogP contribution in [0.2, 0.25) is 5.02 Å². The first-order valence-electron chi connectivity index (χ1n) is 5.66. The Balaban J connectivity index is 2.68. The number of esters is 2. The highest BCUT2D eigenvalue weighted by atomic mass is 35.5. The minimum Gasteiger partial charge on any atom is -0.468 e. The van der Waals surface area contributed by atoms with E-state index in [-0.39, 0.29) is 6.42 Å². The van der Waals surface area contributed by atoms with Gasteiger partial charge in [-0.1, -0.05) is 35.9 Å². The van der Waals surface area contributed by atoms with Gasteiger partial charge in [0.2, 0.25) is 0 Å². The van der Waals surface area contributed by atoms with Crippen molar-refractivity contribution >= 4 is 29.6 Å². The SMILES string of the molecule is COC(=O)C(CC=Cc1ccc(Cl)cc1)C(=O)OC. The molecule has 0 unspecified atom stereocenters. The molecule has 4 nitrogen and oxygen atoms in total. The van der Waals surface area contributed by atoms with Crippen LogP contribution in [0.15, 0.2) is 30.3 Å². The van der Waals surface area contributed by atoms with E-state index in [0.717, 1.165) is 5.56 Å². The van der Waals surface area contributed by atoms with Crippen LogP contribution >= 0.6 is 11.6 Å². The highest BCUT2D eigenvalue weighted by Crippen LogP contribution is 2.13. The number of carbonyl (C=O) groups excluding carboxylic acids is 2. The normalized spacial score (nSPS) is 10.7. The molecule has 1 aromatic carbocycles. The summed E-state index contributed by atoms with van der Waals surface area (Å²) < 4.78 is 9.13. The molecular weight excluding hydrogens is 268 g/mol. The zero-order chi connectivity index (χ0) is 14.3. The Morgan fingerprint density at radius 1 is 1.16 bits per heavy atom. The van der Waals surface area contributed by atoms with Crippen molar-refractivity contribution in [1.82, 2.24) is 0 Å². The average molecular weight is 283 g/mol. The van der Waals surface area contributed by atoms with Gasteiger partial charge in [0.25, 0.3) is 0 Å². The second-order valence-electron chi connectivity index (χ2n) is 3.79. The fourth-order valence-electron chi connectivity index (χ4n) is 1.49. The molecule has 0 fully saturated rings. The molecule has 0 aliphatic carbocycles. The Bertz CT molecular complexity index is 449. The lowest BCUT2D eigenvalue weighted by Crippen LogP contribution is -2.25. The number of rotatable bonds is 5. The van der Waals surface area contributed by atoms with Crippen LogP contribution in [-0.4, -0.2) is 26.2 Å². The summed E-state index contributed by atoms with van der Waals surface area (Å²) in [6.45, 7) is 0. The average Bonchev–Trinajstić information content (AvgIpc) is 2.44. The topological polar surface area (TPSA) is 52.6 Å². The fourth-order valence-corrected chi connectivity index (χ4v) is 1.61. The number of halogens is 1. The molecule has 0 amide bonds. The first-order chi connectivity index (χ1) is 9.08. The monoisotopic (exact) mass is 282 g/mol. The maximum absolute atomic E-state index is 11.4.